The van der Waals surface area contributed by atoms with E-state index in [4.69, 9.17) is 10.5 Å². The van der Waals surface area contributed by atoms with E-state index >= 15 is 0 Å². The molecular weight excluding hydrogens is 454 g/mol. The van der Waals surface area contributed by atoms with Gasteiger partial charge in [-0.1, -0.05) is 0 Å². The van der Waals surface area contributed by atoms with Crippen LogP contribution in [0.2, 0.25) is 0 Å². The summed E-state index contributed by atoms with van der Waals surface area (Å²) in [4.78, 5) is 7.02. The fourth-order valence-corrected chi connectivity index (χ4v) is 5.34. The molecule has 6 nitrogen and oxygen atoms in total. The lowest BCUT2D eigenvalue weighted by molar-refractivity contribution is -0.0428. The zero-order valence-electron chi connectivity index (χ0n) is 19.2. The molecule has 4 rings (SSSR count). The first-order valence-electron chi connectivity index (χ1n) is 10.6. The predicted molar refractivity (Wildman–Crippen MR) is 130 cm³/mol. The highest BCUT2D eigenvalue weighted by molar-refractivity contribution is 9.10. The molecule has 1 saturated heterocycles. The third-order valence-corrected chi connectivity index (χ3v) is 7.26. The number of benzene rings is 1. The Bertz CT molecular complexity index is 1060. The van der Waals surface area contributed by atoms with E-state index in [1.807, 2.05) is 12.1 Å². The van der Waals surface area contributed by atoms with Crippen molar-refractivity contribution >= 4 is 32.5 Å². The molecule has 0 bridgehead atoms. The van der Waals surface area contributed by atoms with E-state index in [0.29, 0.717) is 5.82 Å². The van der Waals surface area contributed by atoms with Crippen LogP contribution in [-0.4, -0.2) is 46.2 Å². The van der Waals surface area contributed by atoms with Gasteiger partial charge in [0, 0.05) is 38.8 Å². The Morgan fingerprint density at radius 1 is 1.13 bits per heavy atom. The number of hydrogen-bond donors (Lipinski definition) is 2. The Hall–Kier alpha value is -2.25. The quantitative estimate of drug-likeness (QED) is 0.660. The maximum atomic E-state index is 6.22. The van der Waals surface area contributed by atoms with Gasteiger partial charge in [0.05, 0.1) is 24.4 Å². The van der Waals surface area contributed by atoms with Crippen molar-refractivity contribution in [3.63, 3.8) is 0 Å². The number of hydrogen-bond acceptors (Lipinski definition) is 6. The molecule has 1 fully saturated rings. The summed E-state index contributed by atoms with van der Waals surface area (Å²) < 4.78 is 6.74. The lowest BCUT2D eigenvalue weighted by atomic mass is 9.77. The number of pyridine rings is 1. The van der Waals surface area contributed by atoms with Gasteiger partial charge in [-0.15, -0.1) is 0 Å². The lowest BCUT2D eigenvalue weighted by Crippen LogP contribution is -2.64. The van der Waals surface area contributed by atoms with Crippen LogP contribution in [0.4, 0.5) is 0 Å². The minimum Gasteiger partial charge on any atom is -0.496 e. The van der Waals surface area contributed by atoms with E-state index in [2.05, 4.69) is 89.2 Å². The van der Waals surface area contributed by atoms with Gasteiger partial charge < -0.3 is 10.5 Å². The molecule has 0 radical (unpaired) electrons. The van der Waals surface area contributed by atoms with Crippen LogP contribution in [0.5, 0.6) is 5.75 Å². The number of allylic oxidation sites excluding steroid dienone is 2. The number of hydrazine groups is 1. The first-order chi connectivity index (χ1) is 14.5. The SMILES string of the molecule is COc1cc2ncc(Br)cc2cc1C1=CC=C(N)NN1C1CC(C)(C)N(C)C(C)(C)C1. The number of ether oxygens (including phenoxy) is 1. The third kappa shape index (κ3) is 4.01. The summed E-state index contributed by atoms with van der Waals surface area (Å²) in [6.45, 7) is 9.25. The van der Waals surface area contributed by atoms with Gasteiger partial charge in [-0.05, 0) is 87.8 Å². The molecule has 2 aliphatic heterocycles. The maximum Gasteiger partial charge on any atom is 0.130 e. The summed E-state index contributed by atoms with van der Waals surface area (Å²) in [5.74, 6) is 1.43. The van der Waals surface area contributed by atoms with Crippen LogP contribution in [0.25, 0.3) is 16.6 Å². The van der Waals surface area contributed by atoms with E-state index in [-0.39, 0.29) is 17.1 Å². The number of likely N-dealkylation sites (tertiary alicyclic amines) is 1. The van der Waals surface area contributed by atoms with E-state index < -0.39 is 0 Å². The molecule has 1 aromatic heterocycles. The van der Waals surface area contributed by atoms with Gasteiger partial charge in [0.25, 0.3) is 0 Å². The van der Waals surface area contributed by atoms with Gasteiger partial charge >= 0.3 is 0 Å². The number of rotatable bonds is 3. The van der Waals surface area contributed by atoms with Gasteiger partial charge in [-0.25, -0.2) is 0 Å². The van der Waals surface area contributed by atoms with Crippen LogP contribution >= 0.6 is 15.9 Å². The molecule has 0 amide bonds. The van der Waals surface area contributed by atoms with E-state index in [1.54, 1.807) is 13.3 Å². The highest BCUT2D eigenvalue weighted by Crippen LogP contribution is 2.42. The zero-order chi connectivity index (χ0) is 22.6. The van der Waals surface area contributed by atoms with Crippen LogP contribution < -0.4 is 15.9 Å². The molecular formula is C24H32BrN5O. The molecule has 0 saturated carbocycles. The zero-order valence-corrected chi connectivity index (χ0v) is 20.7. The minimum atomic E-state index is 0.0530. The molecule has 1 aromatic carbocycles. The molecule has 3 heterocycles. The summed E-state index contributed by atoms with van der Waals surface area (Å²) in [6.07, 6.45) is 7.82. The summed E-state index contributed by atoms with van der Waals surface area (Å²) in [7, 11) is 3.93. The topological polar surface area (TPSA) is 66.7 Å². The fourth-order valence-electron chi connectivity index (χ4n) is 4.99. The summed E-state index contributed by atoms with van der Waals surface area (Å²) in [5.41, 5.74) is 12.7. The van der Waals surface area contributed by atoms with Crippen molar-refractivity contribution in [2.75, 3.05) is 14.2 Å². The normalized spacial score (nSPS) is 21.5. The second-order valence-corrected chi connectivity index (χ2v) is 10.7. The number of nitrogens with zero attached hydrogens (tertiary/aromatic N) is 3. The number of piperidine rings is 1. The molecule has 31 heavy (non-hydrogen) atoms. The van der Waals surface area contributed by atoms with Crippen molar-refractivity contribution in [1.82, 2.24) is 20.3 Å². The Balaban J connectivity index is 1.81. The second-order valence-electron chi connectivity index (χ2n) is 9.80. The van der Waals surface area contributed by atoms with Crippen molar-refractivity contribution < 1.29 is 4.74 Å². The number of methoxy groups -OCH3 is 1. The maximum absolute atomic E-state index is 6.22. The third-order valence-electron chi connectivity index (χ3n) is 6.83. The highest BCUT2D eigenvalue weighted by Gasteiger charge is 2.45. The molecule has 2 aliphatic rings. The Kier molecular flexibility index (Phi) is 5.46. The van der Waals surface area contributed by atoms with Crippen LogP contribution in [0.1, 0.15) is 46.1 Å². The standard InChI is InChI=1S/C24H32BrN5O/c1-23(2)12-17(13-24(3,4)29(23)5)30-20(7-8-22(26)28-30)18-10-15-9-16(25)14-27-19(15)11-21(18)31-6/h7-11,14,17,28H,12-13,26H2,1-6H3. The summed E-state index contributed by atoms with van der Waals surface area (Å²) in [6, 6.07) is 6.49. The molecule has 0 unspecified atom stereocenters. The monoisotopic (exact) mass is 485 g/mol. The summed E-state index contributed by atoms with van der Waals surface area (Å²) >= 11 is 3.54. The first-order valence-corrected chi connectivity index (χ1v) is 11.4. The molecule has 0 aliphatic carbocycles. The van der Waals surface area contributed by atoms with Crippen molar-refractivity contribution in [2.24, 2.45) is 5.73 Å². The van der Waals surface area contributed by atoms with Crippen LogP contribution in [0, 0.1) is 0 Å². The Labute approximate surface area is 193 Å². The first kappa shape index (κ1) is 22.0. The average Bonchev–Trinajstić information content (AvgIpc) is 2.70. The lowest BCUT2D eigenvalue weighted by Gasteiger charge is -2.56. The number of nitrogens with two attached hydrogens (primary N) is 1. The predicted octanol–water partition coefficient (Wildman–Crippen LogP) is 4.62. The fraction of sp³-hybridized carbons (Fsp3) is 0.458. The van der Waals surface area contributed by atoms with Crippen LogP contribution in [-0.2, 0) is 0 Å². The van der Waals surface area contributed by atoms with Crippen molar-refractivity contribution in [3.05, 3.63) is 52.4 Å². The number of fused-ring (bicyclic) bond motifs is 1. The molecule has 7 heteroatoms. The van der Waals surface area contributed by atoms with Gasteiger partial charge in [0.1, 0.15) is 11.6 Å². The molecule has 166 valence electrons. The van der Waals surface area contributed by atoms with Crippen LogP contribution in [0.3, 0.4) is 0 Å². The molecule has 3 N–H and O–H groups in total. The van der Waals surface area contributed by atoms with Crippen molar-refractivity contribution in [1.29, 1.82) is 0 Å². The summed E-state index contributed by atoms with van der Waals surface area (Å²) in [5, 5.41) is 3.29. The van der Waals surface area contributed by atoms with Crippen molar-refractivity contribution in [3.8, 4) is 5.75 Å². The molecule has 0 atom stereocenters. The molecule has 2 aromatic rings. The highest BCUT2D eigenvalue weighted by atomic mass is 79.9. The largest absolute Gasteiger partial charge is 0.496 e. The van der Waals surface area contributed by atoms with E-state index in [9.17, 15) is 0 Å². The Morgan fingerprint density at radius 2 is 1.81 bits per heavy atom. The van der Waals surface area contributed by atoms with E-state index in [0.717, 1.165) is 45.2 Å². The second kappa shape index (κ2) is 7.71. The van der Waals surface area contributed by atoms with Gasteiger partial charge in [0.15, 0.2) is 0 Å². The molecule has 0 spiro atoms. The Morgan fingerprint density at radius 3 is 2.45 bits per heavy atom. The smallest absolute Gasteiger partial charge is 0.130 e. The average molecular weight is 486 g/mol. The van der Waals surface area contributed by atoms with Gasteiger partial charge in [-0.2, -0.15) is 0 Å². The number of halogens is 1. The van der Waals surface area contributed by atoms with Gasteiger partial charge in [-0.3, -0.25) is 20.3 Å². The minimum absolute atomic E-state index is 0.0530. The van der Waals surface area contributed by atoms with E-state index in [1.165, 1.54) is 0 Å². The number of aromatic nitrogens is 1. The number of nitrogens with one attached hydrogen (secondary N) is 1. The van der Waals surface area contributed by atoms with Crippen LogP contribution in [0.15, 0.2) is 46.8 Å². The van der Waals surface area contributed by atoms with Gasteiger partial charge in [0.2, 0.25) is 0 Å². The van der Waals surface area contributed by atoms with Crippen molar-refractivity contribution in [2.45, 2.75) is 57.7 Å².